The first-order chi connectivity index (χ1) is 15.6. The summed E-state index contributed by atoms with van der Waals surface area (Å²) in [6.45, 7) is 2.07. The average molecular weight is 460 g/mol. The molecule has 2 atom stereocenters. The number of rotatable bonds is 5. The van der Waals surface area contributed by atoms with E-state index in [0.717, 1.165) is 27.1 Å². The molecule has 4 aromatic rings. The Morgan fingerprint density at radius 3 is 2.50 bits per heavy atom. The van der Waals surface area contributed by atoms with E-state index in [1.165, 1.54) is 5.56 Å². The van der Waals surface area contributed by atoms with E-state index in [2.05, 4.69) is 41.5 Å². The number of pyridine rings is 1. The largest absolute Gasteiger partial charge is 0.508 e. The number of anilines is 1. The van der Waals surface area contributed by atoms with Crippen molar-refractivity contribution >= 4 is 34.8 Å². The van der Waals surface area contributed by atoms with Crippen LogP contribution in [0.1, 0.15) is 29.1 Å². The first kappa shape index (κ1) is 20.6. The number of nitrogens with one attached hydrogen (secondary N) is 1. The van der Waals surface area contributed by atoms with E-state index in [-0.39, 0.29) is 17.8 Å². The lowest BCUT2D eigenvalue weighted by molar-refractivity contribution is 0.383. The SMILES string of the molecule is Cc1ccc(Sc2ccc(C3C(c4ccccn4)NC(=S)N3c3ccc(O)cc3)o2)cc1. The van der Waals surface area contributed by atoms with Gasteiger partial charge in [-0.25, -0.2) is 0 Å². The van der Waals surface area contributed by atoms with Gasteiger partial charge in [0.1, 0.15) is 17.6 Å². The normalized spacial score (nSPS) is 18.0. The average Bonchev–Trinajstić information content (AvgIpc) is 3.40. The lowest BCUT2D eigenvalue weighted by Gasteiger charge is -2.26. The van der Waals surface area contributed by atoms with Crippen molar-refractivity contribution in [2.45, 2.75) is 29.0 Å². The smallest absolute Gasteiger partial charge is 0.174 e. The molecule has 0 amide bonds. The Bertz CT molecular complexity index is 1220. The van der Waals surface area contributed by atoms with Gasteiger partial charge in [0.05, 0.1) is 11.7 Å². The molecule has 0 saturated carbocycles. The van der Waals surface area contributed by atoms with Crippen LogP contribution in [0.3, 0.4) is 0 Å². The van der Waals surface area contributed by atoms with E-state index in [4.69, 9.17) is 16.6 Å². The Hall–Kier alpha value is -3.29. The van der Waals surface area contributed by atoms with Crippen molar-refractivity contribution in [3.63, 3.8) is 0 Å². The van der Waals surface area contributed by atoms with Gasteiger partial charge in [-0.1, -0.05) is 35.5 Å². The Balaban J connectivity index is 1.52. The minimum Gasteiger partial charge on any atom is -0.508 e. The van der Waals surface area contributed by atoms with Crippen LogP contribution < -0.4 is 10.2 Å². The van der Waals surface area contributed by atoms with Crippen molar-refractivity contribution in [1.82, 2.24) is 10.3 Å². The zero-order valence-corrected chi connectivity index (χ0v) is 18.9. The molecule has 2 aromatic heterocycles. The fourth-order valence-corrected chi connectivity index (χ4v) is 4.93. The molecule has 1 saturated heterocycles. The van der Waals surface area contributed by atoms with Crippen LogP contribution in [0.15, 0.2) is 99.5 Å². The summed E-state index contributed by atoms with van der Waals surface area (Å²) in [6.07, 6.45) is 1.78. The molecule has 0 bridgehead atoms. The number of phenols is 1. The van der Waals surface area contributed by atoms with Gasteiger partial charge in [-0.15, -0.1) is 0 Å². The van der Waals surface area contributed by atoms with Crippen molar-refractivity contribution < 1.29 is 9.52 Å². The van der Waals surface area contributed by atoms with Crippen LogP contribution in [0, 0.1) is 6.92 Å². The maximum atomic E-state index is 9.74. The first-order valence-electron chi connectivity index (χ1n) is 10.2. The summed E-state index contributed by atoms with van der Waals surface area (Å²) in [6, 6.07) is 24.8. The third kappa shape index (κ3) is 4.09. The van der Waals surface area contributed by atoms with Crippen molar-refractivity contribution in [3.05, 3.63) is 102 Å². The molecule has 7 heteroatoms. The van der Waals surface area contributed by atoms with Crippen molar-refractivity contribution in [2.75, 3.05) is 4.90 Å². The van der Waals surface area contributed by atoms with E-state index in [1.807, 2.05) is 47.4 Å². The van der Waals surface area contributed by atoms with Crippen molar-refractivity contribution in [1.29, 1.82) is 0 Å². The van der Waals surface area contributed by atoms with Gasteiger partial charge in [-0.05, 0) is 79.8 Å². The molecule has 1 fully saturated rings. The number of phenolic OH excluding ortho intramolecular Hbond substituents is 1. The zero-order valence-electron chi connectivity index (χ0n) is 17.3. The highest BCUT2D eigenvalue weighted by molar-refractivity contribution is 7.99. The summed E-state index contributed by atoms with van der Waals surface area (Å²) in [5.74, 6) is 0.995. The molecule has 1 aliphatic rings. The number of hydrogen-bond donors (Lipinski definition) is 2. The number of nitrogens with zero attached hydrogens (tertiary/aromatic N) is 2. The second kappa shape index (κ2) is 8.68. The summed E-state index contributed by atoms with van der Waals surface area (Å²) in [5.41, 5.74) is 2.97. The molecule has 160 valence electrons. The number of benzene rings is 2. The molecule has 0 spiro atoms. The topological polar surface area (TPSA) is 61.5 Å². The van der Waals surface area contributed by atoms with E-state index < -0.39 is 0 Å². The molecule has 1 aliphatic heterocycles. The summed E-state index contributed by atoms with van der Waals surface area (Å²) in [5, 5.41) is 14.5. The molecule has 32 heavy (non-hydrogen) atoms. The maximum absolute atomic E-state index is 9.74. The predicted molar refractivity (Wildman–Crippen MR) is 130 cm³/mol. The third-order valence-corrected chi connectivity index (χ3v) is 6.60. The fraction of sp³-hybridized carbons (Fsp3) is 0.120. The van der Waals surface area contributed by atoms with Gasteiger partial charge in [0, 0.05) is 16.8 Å². The lowest BCUT2D eigenvalue weighted by atomic mass is 10.0. The van der Waals surface area contributed by atoms with Crippen LogP contribution in [-0.4, -0.2) is 15.2 Å². The molecular weight excluding hydrogens is 438 g/mol. The zero-order chi connectivity index (χ0) is 22.1. The summed E-state index contributed by atoms with van der Waals surface area (Å²) >= 11 is 7.30. The predicted octanol–water partition coefficient (Wildman–Crippen LogP) is 6.02. The molecule has 0 aliphatic carbocycles. The summed E-state index contributed by atoms with van der Waals surface area (Å²) < 4.78 is 6.32. The van der Waals surface area contributed by atoms with Crippen molar-refractivity contribution in [3.8, 4) is 5.75 Å². The van der Waals surface area contributed by atoms with Crippen LogP contribution in [0.5, 0.6) is 5.75 Å². The van der Waals surface area contributed by atoms with E-state index in [1.54, 1.807) is 30.1 Å². The maximum Gasteiger partial charge on any atom is 0.174 e. The van der Waals surface area contributed by atoms with Gasteiger partial charge in [0.15, 0.2) is 10.2 Å². The highest BCUT2D eigenvalue weighted by Crippen LogP contribution is 2.43. The van der Waals surface area contributed by atoms with Gasteiger partial charge in [-0.3, -0.25) is 4.98 Å². The molecule has 0 radical (unpaired) electrons. The number of hydrogen-bond acceptors (Lipinski definition) is 5. The molecule has 2 aromatic carbocycles. The molecule has 2 unspecified atom stereocenters. The van der Waals surface area contributed by atoms with Gasteiger partial charge in [0.2, 0.25) is 0 Å². The second-order valence-corrected chi connectivity index (χ2v) is 9.05. The number of aryl methyl sites for hydroxylation is 1. The van der Waals surface area contributed by atoms with Crippen LogP contribution in [-0.2, 0) is 0 Å². The quantitative estimate of drug-likeness (QED) is 0.354. The van der Waals surface area contributed by atoms with Gasteiger partial charge in [0.25, 0.3) is 0 Å². The Morgan fingerprint density at radius 1 is 1.00 bits per heavy atom. The highest BCUT2D eigenvalue weighted by Gasteiger charge is 2.42. The van der Waals surface area contributed by atoms with Crippen molar-refractivity contribution in [2.24, 2.45) is 0 Å². The molecule has 2 N–H and O–H groups in total. The van der Waals surface area contributed by atoms with Crippen LogP contribution >= 0.6 is 24.0 Å². The Labute approximate surface area is 196 Å². The van der Waals surface area contributed by atoms with Crippen LogP contribution in [0.25, 0.3) is 0 Å². The van der Waals surface area contributed by atoms with Crippen LogP contribution in [0.4, 0.5) is 5.69 Å². The molecular formula is C25H21N3O2S2. The van der Waals surface area contributed by atoms with E-state index in [9.17, 15) is 5.11 Å². The van der Waals surface area contributed by atoms with Gasteiger partial charge >= 0.3 is 0 Å². The minimum atomic E-state index is -0.227. The Kier molecular flexibility index (Phi) is 5.59. The monoisotopic (exact) mass is 459 g/mol. The minimum absolute atomic E-state index is 0.180. The molecule has 5 nitrogen and oxygen atoms in total. The fourth-order valence-electron chi connectivity index (χ4n) is 3.81. The lowest BCUT2D eigenvalue weighted by Crippen LogP contribution is -2.29. The standard InChI is InChI=1S/C25H21N3O2S2/c1-16-5-11-19(12-6-16)32-22-14-13-21(30-22)24-23(20-4-2-3-15-26-20)27-25(31)28(24)17-7-9-18(29)10-8-17/h2-15,23-24,29H,1H3,(H,27,31). The number of furan rings is 1. The van der Waals surface area contributed by atoms with Crippen LogP contribution in [0.2, 0.25) is 0 Å². The third-order valence-electron chi connectivity index (χ3n) is 5.36. The number of aromatic hydroxyl groups is 1. The van der Waals surface area contributed by atoms with Gasteiger partial charge < -0.3 is 19.7 Å². The second-order valence-electron chi connectivity index (χ2n) is 7.58. The van der Waals surface area contributed by atoms with E-state index >= 15 is 0 Å². The summed E-state index contributed by atoms with van der Waals surface area (Å²) in [4.78, 5) is 7.70. The highest BCUT2D eigenvalue weighted by atomic mass is 32.2. The Morgan fingerprint density at radius 2 is 1.78 bits per heavy atom. The number of thiocarbonyl (C=S) groups is 1. The van der Waals surface area contributed by atoms with Gasteiger partial charge in [-0.2, -0.15) is 0 Å². The van der Waals surface area contributed by atoms with E-state index in [0.29, 0.717) is 5.11 Å². The summed E-state index contributed by atoms with van der Waals surface area (Å²) in [7, 11) is 0. The molecule has 3 heterocycles. The number of aromatic nitrogens is 1. The first-order valence-corrected chi connectivity index (χ1v) is 11.4. The molecule has 5 rings (SSSR count).